The largest absolute Gasteiger partial charge is 0.410 e. The molecule has 0 aliphatic rings. The monoisotopic (exact) mass is 275 g/mol. The van der Waals surface area contributed by atoms with Crippen molar-refractivity contribution in [2.24, 2.45) is 5.73 Å². The zero-order valence-corrected chi connectivity index (χ0v) is 13.3. The number of rotatable bonds is 12. The molecule has 110 valence electrons. The van der Waals surface area contributed by atoms with Crippen molar-refractivity contribution in [1.82, 2.24) is 0 Å². The van der Waals surface area contributed by atoms with E-state index in [1.54, 1.807) is 0 Å². The lowest BCUT2D eigenvalue weighted by molar-refractivity contribution is 0.331. The van der Waals surface area contributed by atoms with Crippen molar-refractivity contribution in [3.05, 3.63) is 0 Å². The van der Waals surface area contributed by atoms with Crippen LogP contribution in [0.1, 0.15) is 71.6 Å². The summed E-state index contributed by atoms with van der Waals surface area (Å²) in [5.41, 5.74) is 5.61. The van der Waals surface area contributed by atoms with Crippen LogP contribution < -0.4 is 5.73 Å². The number of nitrogens with two attached hydrogens (primary N) is 1. The van der Waals surface area contributed by atoms with E-state index in [-0.39, 0.29) is 5.54 Å². The summed E-state index contributed by atoms with van der Waals surface area (Å²) >= 11 is 0. The first-order chi connectivity index (χ1) is 8.58. The predicted octanol–water partition coefficient (Wildman–Crippen LogP) is 3.29. The standard InChI is InChI=1S/C14H33NO2Si/c1-3-5-6-7-8-9-10-11-12-14(13-15)18(16,17)4-2/h14,16-17H,3-13,15H2,1-2H3. The second-order valence-electron chi connectivity index (χ2n) is 5.43. The van der Waals surface area contributed by atoms with Crippen molar-refractivity contribution in [1.29, 1.82) is 0 Å². The molecule has 4 N–H and O–H groups in total. The molecular weight excluding hydrogens is 242 g/mol. The van der Waals surface area contributed by atoms with Gasteiger partial charge < -0.3 is 15.3 Å². The molecule has 1 atom stereocenters. The van der Waals surface area contributed by atoms with Crippen molar-refractivity contribution in [3.63, 3.8) is 0 Å². The molecule has 0 aromatic rings. The summed E-state index contributed by atoms with van der Waals surface area (Å²) in [6.45, 7) is 4.51. The maximum Gasteiger partial charge on any atom is 0.336 e. The third kappa shape index (κ3) is 8.24. The van der Waals surface area contributed by atoms with Crippen LogP contribution in [0.5, 0.6) is 0 Å². The van der Waals surface area contributed by atoms with Gasteiger partial charge in [0.15, 0.2) is 0 Å². The maximum absolute atomic E-state index is 9.90. The van der Waals surface area contributed by atoms with Gasteiger partial charge in [0.2, 0.25) is 0 Å². The molecule has 0 aromatic carbocycles. The second kappa shape index (κ2) is 11.0. The van der Waals surface area contributed by atoms with E-state index < -0.39 is 8.56 Å². The summed E-state index contributed by atoms with van der Waals surface area (Å²) < 4.78 is 0. The highest BCUT2D eigenvalue weighted by atomic mass is 28.4. The van der Waals surface area contributed by atoms with Crippen molar-refractivity contribution in [2.45, 2.75) is 83.2 Å². The van der Waals surface area contributed by atoms with Gasteiger partial charge in [-0.3, -0.25) is 0 Å². The fourth-order valence-corrected chi connectivity index (χ4v) is 3.97. The number of hydrogen-bond acceptors (Lipinski definition) is 3. The van der Waals surface area contributed by atoms with Crippen LogP contribution in [0.15, 0.2) is 0 Å². The van der Waals surface area contributed by atoms with Crippen LogP contribution in [-0.2, 0) is 0 Å². The van der Waals surface area contributed by atoms with E-state index in [9.17, 15) is 9.59 Å². The summed E-state index contributed by atoms with van der Waals surface area (Å²) in [6.07, 6.45) is 11.1. The van der Waals surface area contributed by atoms with Crippen LogP contribution in [0.3, 0.4) is 0 Å². The molecule has 18 heavy (non-hydrogen) atoms. The molecule has 0 bridgehead atoms. The molecular formula is C14H33NO2Si. The first-order valence-corrected chi connectivity index (χ1v) is 9.91. The smallest absolute Gasteiger partial charge is 0.336 e. The van der Waals surface area contributed by atoms with Gasteiger partial charge in [0.25, 0.3) is 0 Å². The second-order valence-corrected chi connectivity index (χ2v) is 8.71. The van der Waals surface area contributed by atoms with Gasteiger partial charge in [-0.15, -0.1) is 0 Å². The Kier molecular flexibility index (Phi) is 11.0. The van der Waals surface area contributed by atoms with E-state index in [0.717, 1.165) is 12.8 Å². The van der Waals surface area contributed by atoms with Gasteiger partial charge in [-0.25, -0.2) is 0 Å². The molecule has 0 heterocycles. The number of unbranched alkanes of at least 4 members (excludes halogenated alkanes) is 7. The maximum atomic E-state index is 9.90. The highest BCUT2D eigenvalue weighted by molar-refractivity contribution is 6.66. The van der Waals surface area contributed by atoms with E-state index in [0.29, 0.717) is 12.6 Å². The van der Waals surface area contributed by atoms with Crippen LogP contribution in [0.2, 0.25) is 11.6 Å². The Morgan fingerprint density at radius 2 is 1.39 bits per heavy atom. The summed E-state index contributed by atoms with van der Waals surface area (Å²) in [5.74, 6) is 0. The summed E-state index contributed by atoms with van der Waals surface area (Å²) in [4.78, 5) is 19.8. The SMILES string of the molecule is CCCCCCCCCCC(CN)[Si](O)(O)CC. The van der Waals surface area contributed by atoms with Gasteiger partial charge in [-0.1, -0.05) is 65.2 Å². The zero-order chi connectivity index (χ0) is 13.9. The van der Waals surface area contributed by atoms with Crippen LogP contribution in [0.4, 0.5) is 0 Å². The van der Waals surface area contributed by atoms with Crippen molar-refractivity contribution < 1.29 is 9.59 Å². The van der Waals surface area contributed by atoms with Crippen molar-refractivity contribution >= 4 is 8.56 Å². The summed E-state index contributed by atoms with van der Waals surface area (Å²) in [6, 6.07) is 0.492. The van der Waals surface area contributed by atoms with E-state index in [2.05, 4.69) is 6.92 Å². The van der Waals surface area contributed by atoms with Crippen LogP contribution in [0.25, 0.3) is 0 Å². The Morgan fingerprint density at radius 3 is 1.83 bits per heavy atom. The Hall–Kier alpha value is 0.0969. The molecule has 0 saturated heterocycles. The molecule has 4 heteroatoms. The highest BCUT2D eigenvalue weighted by Crippen LogP contribution is 2.25. The Labute approximate surface area is 114 Å². The molecule has 0 radical (unpaired) electrons. The molecule has 0 aromatic heterocycles. The Morgan fingerprint density at radius 1 is 0.889 bits per heavy atom. The summed E-state index contributed by atoms with van der Waals surface area (Å²) in [7, 11) is -3.02. The molecule has 0 spiro atoms. The third-order valence-corrected chi connectivity index (χ3v) is 6.74. The van der Waals surface area contributed by atoms with Crippen LogP contribution in [0, 0.1) is 0 Å². The van der Waals surface area contributed by atoms with E-state index in [4.69, 9.17) is 5.73 Å². The lowest BCUT2D eigenvalue weighted by Gasteiger charge is -2.25. The highest BCUT2D eigenvalue weighted by Gasteiger charge is 2.35. The number of hydrogen-bond donors (Lipinski definition) is 3. The fraction of sp³-hybridized carbons (Fsp3) is 1.00. The van der Waals surface area contributed by atoms with Gasteiger partial charge in [0, 0.05) is 5.54 Å². The molecule has 3 nitrogen and oxygen atoms in total. The van der Waals surface area contributed by atoms with Crippen molar-refractivity contribution in [3.8, 4) is 0 Å². The van der Waals surface area contributed by atoms with Crippen molar-refractivity contribution in [2.75, 3.05) is 6.54 Å². The minimum atomic E-state index is -3.02. The molecule has 0 rings (SSSR count). The van der Waals surface area contributed by atoms with Crippen LogP contribution >= 0.6 is 0 Å². The predicted molar refractivity (Wildman–Crippen MR) is 80.7 cm³/mol. The average Bonchev–Trinajstić information content (AvgIpc) is 2.36. The van der Waals surface area contributed by atoms with Gasteiger partial charge in [0.1, 0.15) is 0 Å². The average molecular weight is 276 g/mol. The minimum absolute atomic E-state index is 0.0393. The topological polar surface area (TPSA) is 66.5 Å². The molecule has 0 fully saturated rings. The fourth-order valence-electron chi connectivity index (χ4n) is 2.35. The molecule has 0 saturated carbocycles. The normalized spacial score (nSPS) is 13.8. The first-order valence-electron chi connectivity index (χ1n) is 7.73. The van der Waals surface area contributed by atoms with E-state index in [1.165, 1.54) is 44.9 Å². The van der Waals surface area contributed by atoms with Gasteiger partial charge >= 0.3 is 8.56 Å². The lowest BCUT2D eigenvalue weighted by Crippen LogP contribution is -2.43. The zero-order valence-electron chi connectivity index (χ0n) is 12.3. The Bertz CT molecular complexity index is 189. The minimum Gasteiger partial charge on any atom is -0.410 e. The Balaban J connectivity index is 3.52. The molecule has 0 aliphatic heterocycles. The van der Waals surface area contributed by atoms with E-state index in [1.807, 2.05) is 6.92 Å². The first kappa shape index (κ1) is 18.1. The lowest BCUT2D eigenvalue weighted by atomic mass is 10.1. The quantitative estimate of drug-likeness (QED) is 0.378. The van der Waals surface area contributed by atoms with Gasteiger partial charge in [0.05, 0.1) is 0 Å². The molecule has 0 amide bonds. The van der Waals surface area contributed by atoms with Crippen LogP contribution in [-0.4, -0.2) is 24.7 Å². The molecule has 0 aliphatic carbocycles. The third-order valence-electron chi connectivity index (χ3n) is 3.86. The molecule has 1 unspecified atom stereocenters. The van der Waals surface area contributed by atoms with E-state index >= 15 is 0 Å². The van der Waals surface area contributed by atoms with Gasteiger partial charge in [-0.2, -0.15) is 0 Å². The summed E-state index contributed by atoms with van der Waals surface area (Å²) in [5, 5.41) is 0. The van der Waals surface area contributed by atoms with Gasteiger partial charge in [-0.05, 0) is 19.0 Å².